The molecule has 6 nitrogen and oxygen atoms in total. The summed E-state index contributed by atoms with van der Waals surface area (Å²) in [6, 6.07) is 7.50. The minimum absolute atomic E-state index is 0.0422. The van der Waals surface area contributed by atoms with Crippen LogP contribution in [0.2, 0.25) is 5.02 Å². The molecule has 146 valence electrons. The van der Waals surface area contributed by atoms with E-state index in [0.717, 1.165) is 30.6 Å². The Balaban J connectivity index is 1.69. The first-order valence-corrected chi connectivity index (χ1v) is 9.95. The van der Waals surface area contributed by atoms with E-state index in [0.29, 0.717) is 43.2 Å². The summed E-state index contributed by atoms with van der Waals surface area (Å²) in [5.74, 6) is 0.0422. The van der Waals surface area contributed by atoms with Gasteiger partial charge in [-0.05, 0) is 50.4 Å². The van der Waals surface area contributed by atoms with Crippen molar-refractivity contribution < 1.29 is 9.53 Å². The number of hydrogen-bond acceptors (Lipinski definition) is 4. The van der Waals surface area contributed by atoms with Crippen molar-refractivity contribution in [1.29, 1.82) is 0 Å². The molecule has 1 amide bonds. The maximum atomic E-state index is 13.0. The lowest BCUT2D eigenvalue weighted by atomic mass is 10.1. The number of hydrogen-bond donors (Lipinski definition) is 1. The number of halogens is 1. The molecule has 1 saturated heterocycles. The number of rotatable bonds is 7. The number of nitrogens with two attached hydrogens (primary N) is 1. The maximum Gasteiger partial charge on any atom is 0.257 e. The smallest absolute Gasteiger partial charge is 0.257 e. The minimum atomic E-state index is 0.0422. The van der Waals surface area contributed by atoms with E-state index in [1.807, 2.05) is 40.8 Å². The van der Waals surface area contributed by atoms with Gasteiger partial charge >= 0.3 is 0 Å². The topological polar surface area (TPSA) is 73.4 Å². The molecule has 0 aliphatic carbocycles. The van der Waals surface area contributed by atoms with Crippen molar-refractivity contribution in [2.45, 2.75) is 38.7 Å². The number of carbonyl (C=O) groups excluding carboxylic acids is 1. The third kappa shape index (κ3) is 4.69. The van der Waals surface area contributed by atoms with Gasteiger partial charge in [-0.15, -0.1) is 0 Å². The molecule has 7 heteroatoms. The lowest BCUT2D eigenvalue weighted by molar-refractivity contribution is 0.00842. The van der Waals surface area contributed by atoms with E-state index in [-0.39, 0.29) is 12.0 Å². The SMILES string of the molecule is CCc1c(C(=O)N2CCC(OCCCN)CC2)cnn1-c1cccc(Cl)c1. The van der Waals surface area contributed by atoms with E-state index in [1.54, 1.807) is 6.20 Å². The molecule has 2 N–H and O–H groups in total. The Kier molecular flexibility index (Phi) is 6.88. The summed E-state index contributed by atoms with van der Waals surface area (Å²) in [5, 5.41) is 5.10. The molecule has 27 heavy (non-hydrogen) atoms. The minimum Gasteiger partial charge on any atom is -0.378 e. The zero-order valence-corrected chi connectivity index (χ0v) is 16.5. The van der Waals surface area contributed by atoms with Crippen LogP contribution in [0.25, 0.3) is 5.69 Å². The van der Waals surface area contributed by atoms with Crippen molar-refractivity contribution in [1.82, 2.24) is 14.7 Å². The maximum absolute atomic E-state index is 13.0. The van der Waals surface area contributed by atoms with Crippen molar-refractivity contribution in [2.24, 2.45) is 5.73 Å². The summed E-state index contributed by atoms with van der Waals surface area (Å²) in [5.41, 5.74) is 7.94. The molecule has 0 saturated carbocycles. The van der Waals surface area contributed by atoms with Crippen molar-refractivity contribution in [2.75, 3.05) is 26.2 Å². The summed E-state index contributed by atoms with van der Waals surface area (Å²) in [7, 11) is 0. The fourth-order valence-electron chi connectivity index (χ4n) is 3.45. The Bertz CT molecular complexity index is 769. The van der Waals surface area contributed by atoms with Crippen LogP contribution in [0.3, 0.4) is 0 Å². The Morgan fingerprint density at radius 1 is 1.37 bits per heavy atom. The van der Waals surface area contributed by atoms with Gasteiger partial charge in [0.2, 0.25) is 0 Å². The summed E-state index contributed by atoms with van der Waals surface area (Å²) >= 11 is 6.11. The monoisotopic (exact) mass is 390 g/mol. The van der Waals surface area contributed by atoms with Gasteiger partial charge in [0.05, 0.1) is 29.2 Å². The van der Waals surface area contributed by atoms with Crippen LogP contribution in [-0.2, 0) is 11.2 Å². The van der Waals surface area contributed by atoms with Gasteiger partial charge < -0.3 is 15.4 Å². The molecular weight excluding hydrogens is 364 g/mol. The predicted octanol–water partition coefficient (Wildman–Crippen LogP) is 3.06. The second-order valence-electron chi connectivity index (χ2n) is 6.75. The molecule has 0 atom stereocenters. The summed E-state index contributed by atoms with van der Waals surface area (Å²) < 4.78 is 7.64. The highest BCUT2D eigenvalue weighted by molar-refractivity contribution is 6.30. The van der Waals surface area contributed by atoms with Crippen molar-refractivity contribution in [3.8, 4) is 5.69 Å². The van der Waals surface area contributed by atoms with Gasteiger partial charge in [-0.25, -0.2) is 4.68 Å². The average Bonchev–Trinajstić information content (AvgIpc) is 3.12. The van der Waals surface area contributed by atoms with Crippen LogP contribution >= 0.6 is 11.6 Å². The third-order valence-electron chi connectivity index (χ3n) is 4.92. The van der Waals surface area contributed by atoms with Crippen LogP contribution in [0.5, 0.6) is 0 Å². The molecular formula is C20H27ClN4O2. The number of carbonyl (C=O) groups is 1. The number of benzene rings is 1. The number of ether oxygens (including phenoxy) is 1. The fraction of sp³-hybridized carbons (Fsp3) is 0.500. The Labute approximate surface area is 165 Å². The van der Waals surface area contributed by atoms with Gasteiger partial charge in [-0.3, -0.25) is 4.79 Å². The summed E-state index contributed by atoms with van der Waals surface area (Å²) in [4.78, 5) is 15.0. The van der Waals surface area contributed by atoms with Crippen molar-refractivity contribution in [3.63, 3.8) is 0 Å². The van der Waals surface area contributed by atoms with Gasteiger partial charge in [0.15, 0.2) is 0 Å². The molecule has 1 aliphatic rings. The van der Waals surface area contributed by atoms with Gasteiger partial charge in [0.1, 0.15) is 0 Å². The quantitative estimate of drug-likeness (QED) is 0.737. The Morgan fingerprint density at radius 2 is 2.15 bits per heavy atom. The molecule has 1 aromatic heterocycles. The summed E-state index contributed by atoms with van der Waals surface area (Å²) in [6.07, 6.45) is 5.21. The average molecular weight is 391 g/mol. The van der Waals surface area contributed by atoms with E-state index in [1.165, 1.54) is 0 Å². The molecule has 1 aliphatic heterocycles. The lowest BCUT2D eigenvalue weighted by Gasteiger charge is -2.32. The van der Waals surface area contributed by atoms with Crippen LogP contribution in [0.1, 0.15) is 42.2 Å². The molecule has 0 bridgehead atoms. The van der Waals surface area contributed by atoms with Crippen LogP contribution < -0.4 is 5.73 Å². The number of likely N-dealkylation sites (tertiary alicyclic amines) is 1. The highest BCUT2D eigenvalue weighted by Crippen LogP contribution is 2.22. The van der Waals surface area contributed by atoms with E-state index < -0.39 is 0 Å². The second kappa shape index (κ2) is 9.35. The standard InChI is InChI=1S/C20H27ClN4O2/c1-2-19-18(14-23-25(19)16-6-3-5-15(21)13-16)20(26)24-10-7-17(8-11-24)27-12-4-9-22/h3,5-6,13-14,17H,2,4,7-12,22H2,1H3. The van der Waals surface area contributed by atoms with E-state index >= 15 is 0 Å². The van der Waals surface area contributed by atoms with Gasteiger partial charge in [-0.1, -0.05) is 24.6 Å². The molecule has 0 spiro atoms. The molecule has 1 aromatic carbocycles. The second-order valence-corrected chi connectivity index (χ2v) is 7.19. The third-order valence-corrected chi connectivity index (χ3v) is 5.15. The molecule has 0 unspecified atom stereocenters. The van der Waals surface area contributed by atoms with Crippen molar-refractivity contribution >= 4 is 17.5 Å². The molecule has 2 aromatic rings. The Hall–Kier alpha value is -1.89. The Morgan fingerprint density at radius 3 is 2.81 bits per heavy atom. The van der Waals surface area contributed by atoms with Gasteiger partial charge in [-0.2, -0.15) is 5.10 Å². The van der Waals surface area contributed by atoms with Gasteiger partial charge in [0, 0.05) is 24.7 Å². The highest BCUT2D eigenvalue weighted by atomic mass is 35.5. The first-order valence-electron chi connectivity index (χ1n) is 9.57. The largest absolute Gasteiger partial charge is 0.378 e. The predicted molar refractivity (Wildman–Crippen MR) is 107 cm³/mol. The normalized spacial score (nSPS) is 15.3. The van der Waals surface area contributed by atoms with E-state index in [9.17, 15) is 4.79 Å². The van der Waals surface area contributed by atoms with Crippen LogP contribution in [0.4, 0.5) is 0 Å². The van der Waals surface area contributed by atoms with Crippen LogP contribution in [0, 0.1) is 0 Å². The highest BCUT2D eigenvalue weighted by Gasteiger charge is 2.27. The molecule has 1 fully saturated rings. The van der Waals surface area contributed by atoms with Crippen LogP contribution in [-0.4, -0.2) is 52.9 Å². The first kappa shape index (κ1) is 19.9. The molecule has 2 heterocycles. The first-order chi connectivity index (χ1) is 13.1. The van der Waals surface area contributed by atoms with E-state index in [2.05, 4.69) is 5.10 Å². The zero-order valence-electron chi connectivity index (χ0n) is 15.7. The van der Waals surface area contributed by atoms with Crippen molar-refractivity contribution in [3.05, 3.63) is 46.7 Å². The number of amides is 1. The fourth-order valence-corrected chi connectivity index (χ4v) is 3.64. The lowest BCUT2D eigenvalue weighted by Crippen LogP contribution is -2.41. The number of aromatic nitrogens is 2. The summed E-state index contributed by atoms with van der Waals surface area (Å²) in [6.45, 7) is 4.79. The molecule has 3 rings (SSSR count). The van der Waals surface area contributed by atoms with Gasteiger partial charge in [0.25, 0.3) is 5.91 Å². The van der Waals surface area contributed by atoms with Crippen LogP contribution in [0.15, 0.2) is 30.5 Å². The van der Waals surface area contributed by atoms with E-state index in [4.69, 9.17) is 22.1 Å². The number of nitrogens with zero attached hydrogens (tertiary/aromatic N) is 3. The number of piperidine rings is 1. The zero-order chi connectivity index (χ0) is 19.2. The molecule has 0 radical (unpaired) electrons.